The largest absolute Gasteiger partial charge is 0.439 e. The van der Waals surface area contributed by atoms with Gasteiger partial charge in [0.25, 0.3) is 5.91 Å². The summed E-state index contributed by atoms with van der Waals surface area (Å²) in [5, 5.41) is 0.735. The zero-order valence-corrected chi connectivity index (χ0v) is 15.2. The number of piperidine rings is 1. The Bertz CT molecular complexity index is 937. The number of carbonyl (C=O) groups is 3. The van der Waals surface area contributed by atoms with E-state index in [0.29, 0.717) is 25.2 Å². The molecule has 3 heterocycles. The van der Waals surface area contributed by atoms with Gasteiger partial charge in [-0.05, 0) is 18.9 Å². The minimum atomic E-state index is -0.614. The smallest absolute Gasteiger partial charge is 0.410 e. The third-order valence-corrected chi connectivity index (χ3v) is 5.39. The van der Waals surface area contributed by atoms with Gasteiger partial charge in [-0.1, -0.05) is 18.2 Å². The third-order valence-electron chi connectivity index (χ3n) is 5.39. The Kier molecular flexibility index (Phi) is 4.05. The summed E-state index contributed by atoms with van der Waals surface area (Å²) in [5.74, 6) is -0.591. The van der Waals surface area contributed by atoms with Crippen molar-refractivity contribution in [2.45, 2.75) is 25.0 Å². The number of fused-ring (bicyclic) bond motifs is 1. The number of nitrogens with zero attached hydrogens (tertiary/aromatic N) is 3. The summed E-state index contributed by atoms with van der Waals surface area (Å²) in [6.07, 6.45) is 2.83. The van der Waals surface area contributed by atoms with E-state index in [-0.39, 0.29) is 18.5 Å². The maximum atomic E-state index is 12.9. The van der Waals surface area contributed by atoms with Crippen LogP contribution in [-0.4, -0.2) is 64.6 Å². The van der Waals surface area contributed by atoms with E-state index in [0.717, 1.165) is 23.7 Å². The highest BCUT2D eigenvalue weighted by molar-refractivity contribution is 6.06. The number of carbonyl (C=O) groups excluding carboxylic acids is 3. The SMILES string of the molecule is CN1CC2(CCCN(C(=O)Cn3cc(C(N)=O)c4ccccc43)C2)OC1=O. The second-order valence-corrected chi connectivity index (χ2v) is 7.38. The van der Waals surface area contributed by atoms with Crippen molar-refractivity contribution in [2.24, 2.45) is 5.73 Å². The van der Waals surface area contributed by atoms with Crippen molar-refractivity contribution in [3.05, 3.63) is 36.0 Å². The fraction of sp³-hybridized carbons (Fsp3) is 0.421. The average molecular weight is 370 g/mol. The standard InChI is InChI=1S/C19H22N4O4/c1-21-11-19(27-18(21)26)7-4-8-22(12-19)16(24)10-23-9-14(17(20)25)13-5-2-3-6-15(13)23/h2-3,5-6,9H,4,7-8,10-12H2,1H3,(H2,20,25). The molecule has 2 aromatic rings. The Morgan fingerprint density at radius 1 is 1.26 bits per heavy atom. The van der Waals surface area contributed by atoms with Crippen LogP contribution in [0.3, 0.4) is 0 Å². The van der Waals surface area contributed by atoms with Crippen LogP contribution in [0.1, 0.15) is 23.2 Å². The molecule has 1 aromatic heterocycles. The van der Waals surface area contributed by atoms with Gasteiger partial charge in [0, 0.05) is 30.7 Å². The zero-order valence-electron chi connectivity index (χ0n) is 15.2. The highest BCUT2D eigenvalue weighted by Crippen LogP contribution is 2.31. The van der Waals surface area contributed by atoms with E-state index >= 15 is 0 Å². The lowest BCUT2D eigenvalue weighted by atomic mass is 9.92. The minimum Gasteiger partial charge on any atom is -0.439 e. The van der Waals surface area contributed by atoms with Crippen LogP contribution in [0.4, 0.5) is 4.79 Å². The lowest BCUT2D eigenvalue weighted by molar-refractivity contribution is -0.137. The van der Waals surface area contributed by atoms with Gasteiger partial charge in [0.15, 0.2) is 0 Å². The number of hydrogen-bond donors (Lipinski definition) is 1. The van der Waals surface area contributed by atoms with E-state index in [4.69, 9.17) is 10.5 Å². The molecular formula is C19H22N4O4. The van der Waals surface area contributed by atoms with E-state index < -0.39 is 11.5 Å². The first-order valence-electron chi connectivity index (χ1n) is 8.98. The summed E-state index contributed by atoms with van der Waals surface area (Å²) in [4.78, 5) is 39.7. The molecule has 1 atom stereocenters. The van der Waals surface area contributed by atoms with E-state index in [1.165, 1.54) is 0 Å². The number of ether oxygens (including phenoxy) is 1. The number of rotatable bonds is 3. The van der Waals surface area contributed by atoms with Crippen molar-refractivity contribution < 1.29 is 19.1 Å². The van der Waals surface area contributed by atoms with Gasteiger partial charge >= 0.3 is 6.09 Å². The molecule has 3 amide bonds. The lowest BCUT2D eigenvalue weighted by Gasteiger charge is -2.38. The number of amides is 3. The van der Waals surface area contributed by atoms with E-state index in [1.807, 2.05) is 24.3 Å². The number of likely N-dealkylation sites (N-methyl/N-ethyl adjacent to an activating group) is 1. The lowest BCUT2D eigenvalue weighted by Crippen LogP contribution is -2.53. The van der Waals surface area contributed by atoms with Gasteiger partial charge in [0.05, 0.1) is 18.7 Å². The molecule has 0 saturated carbocycles. The average Bonchev–Trinajstić information content (AvgIpc) is 3.13. The topological polar surface area (TPSA) is 97.9 Å². The molecule has 2 saturated heterocycles. The molecule has 1 unspecified atom stereocenters. The Balaban J connectivity index is 1.55. The van der Waals surface area contributed by atoms with Crippen LogP contribution in [0.15, 0.2) is 30.5 Å². The zero-order chi connectivity index (χ0) is 19.2. The molecule has 4 rings (SSSR count). The number of para-hydroxylation sites is 1. The van der Waals surface area contributed by atoms with Crippen molar-refractivity contribution in [3.63, 3.8) is 0 Å². The molecule has 1 spiro atoms. The predicted octanol–water partition coefficient (Wildman–Crippen LogP) is 1.18. The Hall–Kier alpha value is -3.03. The van der Waals surface area contributed by atoms with Crippen molar-refractivity contribution in [1.82, 2.24) is 14.4 Å². The molecule has 0 aliphatic carbocycles. The molecule has 2 aliphatic heterocycles. The van der Waals surface area contributed by atoms with E-state index in [2.05, 4.69) is 0 Å². The molecule has 8 heteroatoms. The number of nitrogens with two attached hydrogens (primary N) is 1. The van der Waals surface area contributed by atoms with E-state index in [1.54, 1.807) is 27.6 Å². The summed E-state index contributed by atoms with van der Waals surface area (Å²) in [5.41, 5.74) is 6.05. The number of benzene rings is 1. The quantitative estimate of drug-likeness (QED) is 0.877. The molecule has 8 nitrogen and oxygen atoms in total. The van der Waals surface area contributed by atoms with Crippen molar-refractivity contribution in [1.29, 1.82) is 0 Å². The molecule has 27 heavy (non-hydrogen) atoms. The first-order chi connectivity index (χ1) is 12.9. The van der Waals surface area contributed by atoms with Crippen molar-refractivity contribution in [3.8, 4) is 0 Å². The highest BCUT2D eigenvalue weighted by atomic mass is 16.6. The van der Waals surface area contributed by atoms with Gasteiger partial charge in [-0.15, -0.1) is 0 Å². The summed E-state index contributed by atoms with van der Waals surface area (Å²) >= 11 is 0. The molecule has 0 radical (unpaired) electrons. The maximum Gasteiger partial charge on any atom is 0.410 e. The summed E-state index contributed by atoms with van der Waals surface area (Å²) in [6, 6.07) is 7.37. The Morgan fingerprint density at radius 2 is 2.04 bits per heavy atom. The van der Waals surface area contributed by atoms with Crippen LogP contribution < -0.4 is 5.73 Å². The van der Waals surface area contributed by atoms with Crippen LogP contribution in [0.5, 0.6) is 0 Å². The molecule has 142 valence electrons. The second-order valence-electron chi connectivity index (χ2n) is 7.38. The van der Waals surface area contributed by atoms with Crippen LogP contribution >= 0.6 is 0 Å². The first kappa shape index (κ1) is 17.4. The van der Waals surface area contributed by atoms with Gasteiger partial charge in [-0.25, -0.2) is 4.79 Å². The molecule has 2 aliphatic rings. The highest BCUT2D eigenvalue weighted by Gasteiger charge is 2.47. The van der Waals surface area contributed by atoms with Crippen LogP contribution in [-0.2, 0) is 16.1 Å². The van der Waals surface area contributed by atoms with Gasteiger partial charge in [-0.3, -0.25) is 9.59 Å². The molecule has 1 aromatic carbocycles. The predicted molar refractivity (Wildman–Crippen MR) is 98.1 cm³/mol. The minimum absolute atomic E-state index is 0.0727. The number of aromatic nitrogens is 1. The summed E-state index contributed by atoms with van der Waals surface area (Å²) in [7, 11) is 1.70. The van der Waals surface area contributed by atoms with Crippen LogP contribution in [0.2, 0.25) is 0 Å². The summed E-state index contributed by atoms with van der Waals surface area (Å²) in [6.45, 7) is 1.62. The number of hydrogen-bond acceptors (Lipinski definition) is 4. The van der Waals surface area contributed by atoms with Crippen molar-refractivity contribution in [2.75, 3.05) is 26.7 Å². The molecule has 2 N–H and O–H groups in total. The van der Waals surface area contributed by atoms with Crippen LogP contribution in [0.25, 0.3) is 10.9 Å². The third kappa shape index (κ3) is 3.01. The maximum absolute atomic E-state index is 12.9. The fourth-order valence-electron chi connectivity index (χ4n) is 4.14. The fourth-order valence-corrected chi connectivity index (χ4v) is 4.14. The molecular weight excluding hydrogens is 348 g/mol. The van der Waals surface area contributed by atoms with Gasteiger partial charge < -0.3 is 24.8 Å². The molecule has 0 bridgehead atoms. The Labute approximate surface area is 156 Å². The second kappa shape index (κ2) is 6.29. The molecule has 2 fully saturated rings. The van der Waals surface area contributed by atoms with Gasteiger partial charge in [-0.2, -0.15) is 0 Å². The van der Waals surface area contributed by atoms with E-state index in [9.17, 15) is 14.4 Å². The summed E-state index contributed by atoms with van der Waals surface area (Å²) < 4.78 is 7.32. The number of primary amides is 1. The first-order valence-corrected chi connectivity index (χ1v) is 8.98. The van der Waals surface area contributed by atoms with Gasteiger partial charge in [0.2, 0.25) is 5.91 Å². The van der Waals surface area contributed by atoms with Gasteiger partial charge in [0.1, 0.15) is 12.1 Å². The monoisotopic (exact) mass is 370 g/mol. The number of likely N-dealkylation sites (tertiary alicyclic amines) is 1. The normalized spacial score (nSPS) is 22.5. The Morgan fingerprint density at radius 3 is 2.74 bits per heavy atom. The van der Waals surface area contributed by atoms with Crippen LogP contribution in [0, 0.1) is 0 Å². The van der Waals surface area contributed by atoms with Crippen molar-refractivity contribution >= 4 is 28.8 Å².